The highest BCUT2D eigenvalue weighted by Gasteiger charge is 1.76. The van der Waals surface area contributed by atoms with Crippen LogP contribution in [0.15, 0.2) is 4.52 Å². The second-order valence-corrected chi connectivity index (χ2v) is 2.06. The molecule has 0 N–H and O–H groups in total. The van der Waals surface area contributed by atoms with E-state index in [0.717, 1.165) is 0 Å². The zero-order chi connectivity index (χ0) is 5.54. The molecule has 0 radical (unpaired) electrons. The number of rotatable bonds is 3. The van der Waals surface area contributed by atoms with E-state index in [4.69, 9.17) is 0 Å². The van der Waals surface area contributed by atoms with Gasteiger partial charge < -0.3 is 4.52 Å². The first-order valence-electron chi connectivity index (χ1n) is 1.70. The lowest BCUT2D eigenvalue weighted by atomic mass is 10.9. The van der Waals surface area contributed by atoms with Gasteiger partial charge in [-0.05, 0) is 9.39 Å². The van der Waals surface area contributed by atoms with Gasteiger partial charge in [0.05, 0.1) is 6.61 Å². The molecule has 0 fully saturated rings. The minimum absolute atomic E-state index is 0.138. The van der Waals surface area contributed by atoms with Crippen molar-refractivity contribution in [2.45, 2.75) is 0 Å². The highest BCUT2D eigenvalue weighted by atomic mass is 31.1. The molecule has 0 aromatic rings. The molecule has 0 aliphatic heterocycles. The predicted molar refractivity (Wildman–Crippen MR) is 31.0 cm³/mol. The average Bonchev–Trinajstić information content (AvgIpc) is 1.69. The Bertz CT molecular complexity index is 59.7. The fourth-order valence-electron chi connectivity index (χ4n) is 0.109. The van der Waals surface area contributed by atoms with Crippen LogP contribution >= 0.6 is 18.0 Å². The van der Waals surface area contributed by atoms with Crippen molar-refractivity contribution in [1.82, 2.24) is 0 Å². The normalized spacial score (nSPS) is 10.6. The first-order chi connectivity index (χ1) is 3.41. The molecule has 0 saturated carbocycles. The molecule has 1 unspecified atom stereocenters. The average molecular weight is 141 g/mol. The van der Waals surface area contributed by atoms with E-state index >= 15 is 0 Å². The van der Waals surface area contributed by atoms with Crippen LogP contribution in [0.25, 0.3) is 0 Å². The van der Waals surface area contributed by atoms with Crippen molar-refractivity contribution in [3.63, 3.8) is 0 Å². The van der Waals surface area contributed by atoms with E-state index in [9.17, 15) is 4.39 Å². The number of alkyl halides is 1. The summed E-state index contributed by atoms with van der Waals surface area (Å²) in [5, 5.41) is 0. The fraction of sp³-hybridized carbons (Fsp3) is 1.00. The standard InChI is InChI=1S/C2H6FNOP2/c3-1-2-5-7-4-6/h1-2,6H2. The topological polar surface area (TPSA) is 21.6 Å². The van der Waals surface area contributed by atoms with Crippen LogP contribution < -0.4 is 0 Å². The summed E-state index contributed by atoms with van der Waals surface area (Å²) >= 11 is 0. The van der Waals surface area contributed by atoms with Crippen LogP contribution in [0.5, 0.6) is 0 Å². The largest absolute Gasteiger partial charge is 0.308 e. The molecule has 1 atom stereocenters. The molecule has 0 aliphatic rings. The maximum atomic E-state index is 11.1. The Kier molecular flexibility index (Phi) is 6.81. The smallest absolute Gasteiger partial charge is 0.175 e. The maximum absolute atomic E-state index is 11.1. The Morgan fingerprint density at radius 2 is 2.57 bits per heavy atom. The molecule has 7 heavy (non-hydrogen) atoms. The highest BCUT2D eigenvalue weighted by molar-refractivity contribution is 7.31. The summed E-state index contributed by atoms with van der Waals surface area (Å²) < 4.78 is 19.2. The Morgan fingerprint density at radius 3 is 3.00 bits per heavy atom. The summed E-state index contributed by atoms with van der Waals surface area (Å²) in [5.74, 6) is 0. The molecule has 0 aromatic heterocycles. The molecule has 0 bridgehead atoms. The van der Waals surface area contributed by atoms with E-state index in [0.29, 0.717) is 8.60 Å². The van der Waals surface area contributed by atoms with Gasteiger partial charge in [0.1, 0.15) is 6.67 Å². The van der Waals surface area contributed by atoms with E-state index < -0.39 is 6.67 Å². The SMILES string of the molecule is FCCOP=NP. The lowest BCUT2D eigenvalue weighted by molar-refractivity contribution is 0.307. The van der Waals surface area contributed by atoms with E-state index in [-0.39, 0.29) is 6.61 Å². The Balaban J connectivity index is 2.69. The number of nitrogens with zero attached hydrogens (tertiary/aromatic N) is 1. The first kappa shape index (κ1) is 7.42. The minimum Gasteiger partial charge on any atom is -0.308 e. The number of hydrogen-bond donors (Lipinski definition) is 0. The summed E-state index contributed by atoms with van der Waals surface area (Å²) in [5.41, 5.74) is 0. The van der Waals surface area contributed by atoms with Crippen LogP contribution in [0.2, 0.25) is 0 Å². The molecule has 42 valence electrons. The second-order valence-electron chi connectivity index (χ2n) is 0.719. The van der Waals surface area contributed by atoms with Crippen molar-refractivity contribution < 1.29 is 8.91 Å². The van der Waals surface area contributed by atoms with E-state index in [2.05, 4.69) is 18.4 Å². The number of hydrogen-bond acceptors (Lipinski definition) is 2. The van der Waals surface area contributed by atoms with Gasteiger partial charge >= 0.3 is 0 Å². The van der Waals surface area contributed by atoms with Gasteiger partial charge in [0, 0.05) is 0 Å². The van der Waals surface area contributed by atoms with Crippen molar-refractivity contribution in [2.75, 3.05) is 13.3 Å². The third-order valence-electron chi connectivity index (χ3n) is 0.273. The molecule has 0 aliphatic carbocycles. The van der Waals surface area contributed by atoms with Crippen LogP contribution in [-0.2, 0) is 4.52 Å². The third kappa shape index (κ3) is 6.42. The Labute approximate surface area is 45.7 Å². The van der Waals surface area contributed by atoms with Crippen LogP contribution in [0, 0.1) is 0 Å². The van der Waals surface area contributed by atoms with Gasteiger partial charge in [0.15, 0.2) is 8.60 Å². The van der Waals surface area contributed by atoms with Crippen LogP contribution in [0.1, 0.15) is 0 Å². The third-order valence-corrected chi connectivity index (χ3v) is 0.948. The summed E-state index contributed by atoms with van der Waals surface area (Å²) in [4.78, 5) is 0. The Morgan fingerprint density at radius 1 is 1.86 bits per heavy atom. The van der Waals surface area contributed by atoms with Gasteiger partial charge in [-0.1, -0.05) is 0 Å². The molecule has 0 amide bonds. The molecule has 0 aromatic carbocycles. The molecular formula is C2H6FNOP2. The quantitative estimate of drug-likeness (QED) is 0.433. The molecule has 0 spiro atoms. The van der Waals surface area contributed by atoms with Gasteiger partial charge in [-0.25, -0.2) is 8.91 Å². The predicted octanol–water partition coefficient (Wildman–Crippen LogP) is 1.81. The molecule has 0 heterocycles. The van der Waals surface area contributed by atoms with Crippen molar-refractivity contribution in [2.24, 2.45) is 4.52 Å². The summed E-state index contributed by atoms with van der Waals surface area (Å²) in [7, 11) is 2.59. The van der Waals surface area contributed by atoms with E-state index in [1.54, 1.807) is 0 Å². The summed E-state index contributed by atoms with van der Waals surface area (Å²) in [6, 6.07) is 0. The lowest BCUT2D eigenvalue weighted by Crippen LogP contribution is -1.82. The fourth-order valence-corrected chi connectivity index (χ4v) is 0.526. The second kappa shape index (κ2) is 6.42. The zero-order valence-corrected chi connectivity index (χ0v) is 5.72. The van der Waals surface area contributed by atoms with Crippen LogP contribution in [0.3, 0.4) is 0 Å². The summed E-state index contributed by atoms with van der Waals surface area (Å²) in [6.07, 6.45) is 0. The van der Waals surface area contributed by atoms with Gasteiger partial charge in [0.25, 0.3) is 0 Å². The van der Waals surface area contributed by atoms with Gasteiger partial charge in [-0.3, -0.25) is 0 Å². The monoisotopic (exact) mass is 141 g/mol. The maximum Gasteiger partial charge on any atom is 0.175 e. The molecule has 0 rings (SSSR count). The zero-order valence-electron chi connectivity index (χ0n) is 3.67. The van der Waals surface area contributed by atoms with Crippen LogP contribution in [0.4, 0.5) is 4.39 Å². The number of halogens is 1. The molecule has 0 saturated heterocycles. The highest BCUT2D eigenvalue weighted by Crippen LogP contribution is 2.04. The molecular weight excluding hydrogens is 135 g/mol. The van der Waals surface area contributed by atoms with E-state index in [1.165, 1.54) is 0 Å². The lowest BCUT2D eigenvalue weighted by Gasteiger charge is -1.83. The summed E-state index contributed by atoms with van der Waals surface area (Å²) in [6.45, 7) is -0.299. The van der Waals surface area contributed by atoms with Crippen molar-refractivity contribution in [3.8, 4) is 0 Å². The van der Waals surface area contributed by atoms with Crippen molar-refractivity contribution in [1.29, 1.82) is 0 Å². The van der Waals surface area contributed by atoms with Gasteiger partial charge in [-0.15, -0.1) is 0 Å². The molecule has 2 nitrogen and oxygen atoms in total. The minimum atomic E-state index is -0.437. The van der Waals surface area contributed by atoms with Gasteiger partial charge in [0.2, 0.25) is 0 Å². The Hall–Kier alpha value is 0.420. The van der Waals surface area contributed by atoms with Crippen molar-refractivity contribution >= 4 is 18.0 Å². The van der Waals surface area contributed by atoms with E-state index in [1.807, 2.05) is 0 Å². The van der Waals surface area contributed by atoms with Gasteiger partial charge in [-0.2, -0.15) is 0 Å². The van der Waals surface area contributed by atoms with Crippen molar-refractivity contribution in [3.05, 3.63) is 0 Å². The first-order valence-corrected chi connectivity index (χ1v) is 2.98. The molecule has 5 heteroatoms. The van der Waals surface area contributed by atoms with Crippen LogP contribution in [-0.4, -0.2) is 13.3 Å².